The maximum absolute atomic E-state index is 13.8. The van der Waals surface area contributed by atoms with Crippen molar-refractivity contribution in [2.45, 2.75) is 28.7 Å². The summed E-state index contributed by atoms with van der Waals surface area (Å²) in [5.41, 5.74) is -5.64. The lowest BCUT2D eigenvalue weighted by molar-refractivity contribution is -0.0342. The minimum absolute atomic E-state index is 0.0168. The standard InChI is InChI=1S/C12H9F5OS/c13-7-1-2-8(9(14)5-7)11(6-18-11)10(3-4-10)19-12(15,16)17/h1-2,5H,3-4,6H2. The molecule has 1 aliphatic heterocycles. The minimum atomic E-state index is -4.40. The third-order valence-corrected chi connectivity index (χ3v) is 4.91. The summed E-state index contributed by atoms with van der Waals surface area (Å²) in [7, 11) is 0. The Morgan fingerprint density at radius 2 is 1.79 bits per heavy atom. The smallest absolute Gasteiger partial charge is 0.363 e. The van der Waals surface area contributed by atoms with E-state index in [1.54, 1.807) is 0 Å². The van der Waals surface area contributed by atoms with E-state index in [9.17, 15) is 22.0 Å². The first-order valence-corrected chi connectivity index (χ1v) is 6.46. The van der Waals surface area contributed by atoms with E-state index in [1.807, 2.05) is 0 Å². The molecule has 1 atom stereocenters. The molecule has 7 heteroatoms. The summed E-state index contributed by atoms with van der Waals surface area (Å²) in [5.74, 6) is -1.61. The number of benzene rings is 1. The molecule has 2 fully saturated rings. The van der Waals surface area contributed by atoms with Crippen LogP contribution in [0.25, 0.3) is 0 Å². The van der Waals surface area contributed by atoms with E-state index < -0.39 is 27.5 Å². The fourth-order valence-corrected chi connectivity index (χ4v) is 3.62. The Morgan fingerprint density at radius 3 is 2.21 bits per heavy atom. The van der Waals surface area contributed by atoms with Gasteiger partial charge in [-0.2, -0.15) is 13.2 Å². The van der Waals surface area contributed by atoms with E-state index in [-0.39, 0.29) is 23.9 Å². The first-order valence-electron chi connectivity index (χ1n) is 5.64. The molecular weight excluding hydrogens is 287 g/mol. The van der Waals surface area contributed by atoms with Gasteiger partial charge < -0.3 is 4.74 Å². The fourth-order valence-electron chi connectivity index (χ4n) is 2.48. The normalized spacial score (nSPS) is 28.3. The maximum atomic E-state index is 13.8. The molecule has 1 aromatic rings. The number of rotatable bonds is 3. The lowest BCUT2D eigenvalue weighted by atomic mass is 9.93. The summed E-state index contributed by atoms with van der Waals surface area (Å²) < 4.78 is 68.4. The van der Waals surface area contributed by atoms with Gasteiger partial charge >= 0.3 is 5.51 Å². The van der Waals surface area contributed by atoms with Crippen LogP contribution in [0, 0.1) is 11.6 Å². The van der Waals surface area contributed by atoms with E-state index in [4.69, 9.17) is 4.74 Å². The third kappa shape index (κ3) is 2.12. The Morgan fingerprint density at radius 1 is 1.16 bits per heavy atom. The monoisotopic (exact) mass is 296 g/mol. The zero-order chi connectivity index (χ0) is 13.9. The molecule has 2 aliphatic rings. The average Bonchev–Trinajstić information content (AvgIpc) is 3.09. The zero-order valence-corrected chi connectivity index (χ0v) is 10.4. The summed E-state index contributed by atoms with van der Waals surface area (Å²) >= 11 is -0.138. The molecule has 0 radical (unpaired) electrons. The van der Waals surface area contributed by atoms with Crippen LogP contribution in [-0.4, -0.2) is 16.9 Å². The van der Waals surface area contributed by atoms with Crippen molar-refractivity contribution in [1.82, 2.24) is 0 Å². The van der Waals surface area contributed by atoms with Crippen molar-refractivity contribution in [3.8, 4) is 0 Å². The lowest BCUT2D eigenvalue weighted by Gasteiger charge is -2.24. The summed E-state index contributed by atoms with van der Waals surface area (Å²) in [6.07, 6.45) is 0.627. The number of alkyl halides is 3. The van der Waals surface area contributed by atoms with Crippen LogP contribution in [-0.2, 0) is 10.3 Å². The van der Waals surface area contributed by atoms with Gasteiger partial charge in [0.25, 0.3) is 0 Å². The summed E-state index contributed by atoms with van der Waals surface area (Å²) in [6, 6.07) is 2.89. The number of hydrogen-bond donors (Lipinski definition) is 0. The fraction of sp³-hybridized carbons (Fsp3) is 0.500. The van der Waals surface area contributed by atoms with Gasteiger partial charge in [-0.15, -0.1) is 0 Å². The molecule has 0 aromatic heterocycles. The van der Waals surface area contributed by atoms with Crippen molar-refractivity contribution in [1.29, 1.82) is 0 Å². The van der Waals surface area contributed by atoms with Crippen LogP contribution in [0.15, 0.2) is 18.2 Å². The van der Waals surface area contributed by atoms with Gasteiger partial charge in [-0.3, -0.25) is 0 Å². The van der Waals surface area contributed by atoms with Crippen molar-refractivity contribution >= 4 is 11.8 Å². The van der Waals surface area contributed by atoms with Crippen molar-refractivity contribution in [3.05, 3.63) is 35.4 Å². The van der Waals surface area contributed by atoms with Gasteiger partial charge in [-0.1, -0.05) is 6.07 Å². The van der Waals surface area contributed by atoms with Crippen LogP contribution < -0.4 is 0 Å². The van der Waals surface area contributed by atoms with Gasteiger partial charge in [-0.05, 0) is 30.7 Å². The van der Waals surface area contributed by atoms with Crippen molar-refractivity contribution in [2.24, 2.45) is 0 Å². The Labute approximate surface area is 110 Å². The van der Waals surface area contributed by atoms with E-state index in [0.717, 1.165) is 6.07 Å². The van der Waals surface area contributed by atoms with E-state index >= 15 is 0 Å². The molecule has 104 valence electrons. The molecule has 0 N–H and O–H groups in total. The topological polar surface area (TPSA) is 12.5 Å². The predicted octanol–water partition coefficient (Wildman–Crippen LogP) is 3.98. The molecule has 1 unspecified atom stereocenters. The Kier molecular flexibility index (Phi) is 2.67. The third-order valence-electron chi connectivity index (χ3n) is 3.55. The van der Waals surface area contributed by atoms with Gasteiger partial charge in [0.2, 0.25) is 0 Å². The molecule has 0 bridgehead atoms. The average molecular weight is 296 g/mol. The molecule has 0 amide bonds. The number of hydrogen-bond acceptors (Lipinski definition) is 2. The molecule has 1 aromatic carbocycles. The molecule has 1 saturated heterocycles. The highest BCUT2D eigenvalue weighted by Gasteiger charge is 2.72. The van der Waals surface area contributed by atoms with E-state index in [2.05, 4.69) is 0 Å². The highest BCUT2D eigenvalue weighted by Crippen LogP contribution is 2.69. The highest BCUT2D eigenvalue weighted by molar-refractivity contribution is 8.01. The van der Waals surface area contributed by atoms with Crippen LogP contribution in [0.1, 0.15) is 18.4 Å². The van der Waals surface area contributed by atoms with Crippen LogP contribution in [0.3, 0.4) is 0 Å². The molecule has 1 saturated carbocycles. The quantitative estimate of drug-likeness (QED) is 0.618. The number of thioether (sulfide) groups is 1. The van der Waals surface area contributed by atoms with E-state index in [0.29, 0.717) is 18.9 Å². The summed E-state index contributed by atoms with van der Waals surface area (Å²) in [5, 5.41) is 0. The Balaban J connectivity index is 1.96. The van der Waals surface area contributed by atoms with Crippen molar-refractivity contribution in [2.75, 3.05) is 6.61 Å². The minimum Gasteiger partial charge on any atom is -0.363 e. The molecule has 1 aliphatic carbocycles. The Bertz CT molecular complexity index is 519. The van der Waals surface area contributed by atoms with Crippen LogP contribution in [0.4, 0.5) is 22.0 Å². The second kappa shape index (κ2) is 3.85. The van der Waals surface area contributed by atoms with Gasteiger partial charge in [-0.25, -0.2) is 8.78 Å². The van der Waals surface area contributed by atoms with Gasteiger partial charge in [0.05, 0.1) is 11.4 Å². The number of ether oxygens (including phenoxy) is 1. The molecule has 0 spiro atoms. The van der Waals surface area contributed by atoms with E-state index in [1.165, 1.54) is 6.07 Å². The molecule has 19 heavy (non-hydrogen) atoms. The van der Waals surface area contributed by atoms with Crippen LogP contribution in [0.5, 0.6) is 0 Å². The molecule has 1 heterocycles. The number of halogens is 5. The lowest BCUT2D eigenvalue weighted by Crippen LogP contribution is -2.31. The maximum Gasteiger partial charge on any atom is 0.442 e. The van der Waals surface area contributed by atoms with Gasteiger partial charge in [0.15, 0.2) is 0 Å². The highest BCUT2D eigenvalue weighted by atomic mass is 32.2. The van der Waals surface area contributed by atoms with Gasteiger partial charge in [0, 0.05) is 11.6 Å². The van der Waals surface area contributed by atoms with Crippen LogP contribution >= 0.6 is 11.8 Å². The largest absolute Gasteiger partial charge is 0.442 e. The summed E-state index contributed by atoms with van der Waals surface area (Å²) in [4.78, 5) is 0. The second-order valence-electron chi connectivity index (χ2n) is 4.78. The molecular formula is C12H9F5OS. The first-order chi connectivity index (χ1) is 8.78. The Hall–Kier alpha value is -0.820. The zero-order valence-electron chi connectivity index (χ0n) is 9.56. The first kappa shape index (κ1) is 13.2. The van der Waals surface area contributed by atoms with Crippen molar-refractivity contribution in [3.63, 3.8) is 0 Å². The molecule has 3 rings (SSSR count). The summed E-state index contributed by atoms with van der Waals surface area (Å²) in [6.45, 7) is 0.0403. The van der Waals surface area contributed by atoms with Gasteiger partial charge in [0.1, 0.15) is 17.2 Å². The molecule has 1 nitrogen and oxygen atoms in total. The van der Waals surface area contributed by atoms with Crippen LogP contribution in [0.2, 0.25) is 0 Å². The van der Waals surface area contributed by atoms with Crippen molar-refractivity contribution < 1.29 is 26.7 Å². The number of epoxide rings is 1. The second-order valence-corrected chi connectivity index (χ2v) is 6.23. The SMILES string of the molecule is Fc1ccc(C2(C3(SC(F)(F)F)CC3)CO2)c(F)c1. The predicted molar refractivity (Wildman–Crippen MR) is 59.6 cm³/mol.